The van der Waals surface area contributed by atoms with E-state index >= 15 is 0 Å². The van der Waals surface area contributed by atoms with Gasteiger partial charge >= 0.3 is 5.97 Å². The van der Waals surface area contributed by atoms with Crippen molar-refractivity contribution in [1.82, 2.24) is 5.32 Å². The molecule has 0 aliphatic rings. The standard InChI is InChI=1S/C18H13N3O3/c19-10-12-4-6-15(7-5-12)17(22)21-16(18(23)24)9-13-2-1-3-14(8-13)11-20/h1-8,16H,9H2,(H,21,22)(H,23,24)/t16-/m0/s1. The molecule has 0 radical (unpaired) electrons. The van der Waals surface area contributed by atoms with E-state index in [0.717, 1.165) is 0 Å². The van der Waals surface area contributed by atoms with Gasteiger partial charge in [-0.3, -0.25) is 4.79 Å². The number of nitrogens with zero attached hydrogens (tertiary/aromatic N) is 2. The highest BCUT2D eigenvalue weighted by Crippen LogP contribution is 2.09. The van der Waals surface area contributed by atoms with E-state index in [9.17, 15) is 14.7 Å². The van der Waals surface area contributed by atoms with E-state index in [2.05, 4.69) is 5.32 Å². The zero-order valence-electron chi connectivity index (χ0n) is 12.6. The van der Waals surface area contributed by atoms with Gasteiger partial charge in [-0.1, -0.05) is 12.1 Å². The molecule has 6 nitrogen and oxygen atoms in total. The molecule has 0 saturated heterocycles. The van der Waals surface area contributed by atoms with Crippen LogP contribution < -0.4 is 5.32 Å². The third-order valence-corrected chi connectivity index (χ3v) is 3.38. The number of rotatable bonds is 5. The van der Waals surface area contributed by atoms with E-state index in [-0.39, 0.29) is 12.0 Å². The van der Waals surface area contributed by atoms with Gasteiger partial charge in [0.05, 0.1) is 23.3 Å². The summed E-state index contributed by atoms with van der Waals surface area (Å²) < 4.78 is 0. The van der Waals surface area contributed by atoms with Crippen molar-refractivity contribution < 1.29 is 14.7 Å². The second kappa shape index (κ2) is 7.57. The van der Waals surface area contributed by atoms with E-state index in [1.165, 1.54) is 24.3 Å². The minimum absolute atomic E-state index is 0.0624. The van der Waals surface area contributed by atoms with Crippen molar-refractivity contribution in [2.24, 2.45) is 0 Å². The quantitative estimate of drug-likeness (QED) is 0.873. The predicted molar refractivity (Wildman–Crippen MR) is 84.9 cm³/mol. The van der Waals surface area contributed by atoms with Crippen LogP contribution in [0.1, 0.15) is 27.0 Å². The Labute approximate surface area is 138 Å². The minimum atomic E-state index is -1.17. The molecule has 1 atom stereocenters. The highest BCUT2D eigenvalue weighted by atomic mass is 16.4. The number of benzene rings is 2. The normalized spacial score (nSPS) is 10.9. The number of aliphatic carboxylic acids is 1. The molecular formula is C18H13N3O3. The van der Waals surface area contributed by atoms with Gasteiger partial charge < -0.3 is 10.4 Å². The Morgan fingerprint density at radius 2 is 1.71 bits per heavy atom. The summed E-state index contributed by atoms with van der Waals surface area (Å²) in [4.78, 5) is 23.6. The van der Waals surface area contributed by atoms with Gasteiger partial charge in [-0.15, -0.1) is 0 Å². The fourth-order valence-corrected chi connectivity index (χ4v) is 2.14. The molecule has 1 amide bonds. The van der Waals surface area contributed by atoms with Crippen LogP contribution in [0.4, 0.5) is 0 Å². The van der Waals surface area contributed by atoms with Crippen LogP contribution >= 0.6 is 0 Å². The summed E-state index contributed by atoms with van der Waals surface area (Å²) in [5, 5.41) is 29.4. The van der Waals surface area contributed by atoms with Gasteiger partial charge in [-0.2, -0.15) is 10.5 Å². The van der Waals surface area contributed by atoms with E-state index in [1.807, 2.05) is 12.1 Å². The molecule has 2 rings (SSSR count). The van der Waals surface area contributed by atoms with Gasteiger partial charge in [0.25, 0.3) is 5.91 Å². The Balaban J connectivity index is 2.13. The molecule has 0 spiro atoms. The maximum Gasteiger partial charge on any atom is 0.326 e. The summed E-state index contributed by atoms with van der Waals surface area (Å²) in [6, 6.07) is 15.3. The summed E-state index contributed by atoms with van der Waals surface area (Å²) in [7, 11) is 0. The first-order valence-electron chi connectivity index (χ1n) is 7.06. The van der Waals surface area contributed by atoms with Crippen LogP contribution in [-0.4, -0.2) is 23.0 Å². The summed E-state index contributed by atoms with van der Waals surface area (Å²) in [5.74, 6) is -1.71. The molecule has 0 heterocycles. The van der Waals surface area contributed by atoms with Crippen LogP contribution in [0.3, 0.4) is 0 Å². The van der Waals surface area contributed by atoms with Crippen molar-refractivity contribution in [3.63, 3.8) is 0 Å². The summed E-state index contributed by atoms with van der Waals surface area (Å²) in [6.45, 7) is 0. The first-order valence-corrected chi connectivity index (χ1v) is 7.06. The smallest absolute Gasteiger partial charge is 0.326 e. The molecular weight excluding hydrogens is 306 g/mol. The number of nitriles is 2. The van der Waals surface area contributed by atoms with E-state index < -0.39 is 17.9 Å². The predicted octanol–water partition coefficient (Wildman–Crippen LogP) is 1.86. The number of nitrogens with one attached hydrogen (secondary N) is 1. The maximum atomic E-state index is 12.2. The van der Waals surface area contributed by atoms with Crippen LogP contribution in [0.5, 0.6) is 0 Å². The van der Waals surface area contributed by atoms with Crippen molar-refractivity contribution in [2.75, 3.05) is 0 Å². The minimum Gasteiger partial charge on any atom is -0.480 e. The monoisotopic (exact) mass is 319 g/mol. The molecule has 2 aromatic rings. The lowest BCUT2D eigenvalue weighted by atomic mass is 10.0. The van der Waals surface area contributed by atoms with Crippen LogP contribution in [-0.2, 0) is 11.2 Å². The molecule has 0 aliphatic heterocycles. The number of hydrogen-bond acceptors (Lipinski definition) is 4. The molecule has 0 fully saturated rings. The van der Waals surface area contributed by atoms with Crippen molar-refractivity contribution in [3.05, 3.63) is 70.8 Å². The molecule has 0 bridgehead atoms. The van der Waals surface area contributed by atoms with Gasteiger partial charge in [0.2, 0.25) is 0 Å². The summed E-state index contributed by atoms with van der Waals surface area (Å²) >= 11 is 0. The maximum absolute atomic E-state index is 12.2. The van der Waals surface area contributed by atoms with Crippen LogP contribution in [0, 0.1) is 22.7 Å². The Bertz CT molecular complexity index is 845. The first kappa shape index (κ1) is 16.7. The Morgan fingerprint density at radius 3 is 2.29 bits per heavy atom. The largest absolute Gasteiger partial charge is 0.480 e. The number of carboxylic acid groups (broad SMARTS) is 1. The van der Waals surface area contributed by atoms with Crippen molar-refractivity contribution in [1.29, 1.82) is 10.5 Å². The number of carboxylic acids is 1. The average Bonchev–Trinajstić information content (AvgIpc) is 2.61. The fourth-order valence-electron chi connectivity index (χ4n) is 2.14. The van der Waals surface area contributed by atoms with Gasteiger partial charge in [0.1, 0.15) is 6.04 Å². The van der Waals surface area contributed by atoms with Gasteiger partial charge in [-0.05, 0) is 42.0 Å². The zero-order valence-corrected chi connectivity index (χ0v) is 12.6. The second-order valence-corrected chi connectivity index (χ2v) is 5.07. The molecule has 2 N–H and O–H groups in total. The Morgan fingerprint density at radius 1 is 1.04 bits per heavy atom. The third-order valence-electron chi connectivity index (χ3n) is 3.38. The lowest BCUT2D eigenvalue weighted by molar-refractivity contribution is -0.139. The lowest BCUT2D eigenvalue weighted by Gasteiger charge is -2.15. The number of carbonyl (C=O) groups excluding carboxylic acids is 1. The van der Waals surface area contributed by atoms with Crippen LogP contribution in [0.25, 0.3) is 0 Å². The molecule has 0 aliphatic carbocycles. The van der Waals surface area contributed by atoms with Gasteiger partial charge in [0, 0.05) is 12.0 Å². The van der Waals surface area contributed by atoms with Gasteiger partial charge in [-0.25, -0.2) is 4.79 Å². The molecule has 0 aromatic heterocycles. The molecule has 24 heavy (non-hydrogen) atoms. The Hall–Kier alpha value is -3.64. The van der Waals surface area contributed by atoms with E-state index in [0.29, 0.717) is 16.7 Å². The van der Waals surface area contributed by atoms with E-state index in [4.69, 9.17) is 10.5 Å². The lowest BCUT2D eigenvalue weighted by Crippen LogP contribution is -2.42. The van der Waals surface area contributed by atoms with Crippen molar-refractivity contribution in [3.8, 4) is 12.1 Å². The fraction of sp³-hybridized carbons (Fsp3) is 0.111. The average molecular weight is 319 g/mol. The third kappa shape index (κ3) is 4.19. The Kier molecular flexibility index (Phi) is 5.28. The SMILES string of the molecule is N#Cc1ccc(C(=O)N[C@@H](Cc2cccc(C#N)c2)C(=O)O)cc1. The number of carbonyl (C=O) groups is 2. The highest BCUT2D eigenvalue weighted by molar-refractivity contribution is 5.96. The first-order chi connectivity index (χ1) is 11.5. The van der Waals surface area contributed by atoms with Crippen LogP contribution in [0.15, 0.2) is 48.5 Å². The molecule has 6 heteroatoms. The van der Waals surface area contributed by atoms with E-state index in [1.54, 1.807) is 24.3 Å². The second-order valence-electron chi connectivity index (χ2n) is 5.07. The molecule has 2 aromatic carbocycles. The zero-order chi connectivity index (χ0) is 17.5. The summed E-state index contributed by atoms with van der Waals surface area (Å²) in [6.07, 6.45) is 0.0624. The summed E-state index contributed by atoms with van der Waals surface area (Å²) in [5.41, 5.74) is 1.75. The van der Waals surface area contributed by atoms with Crippen molar-refractivity contribution in [2.45, 2.75) is 12.5 Å². The van der Waals surface area contributed by atoms with Gasteiger partial charge in [0.15, 0.2) is 0 Å². The number of hydrogen-bond donors (Lipinski definition) is 2. The molecule has 0 unspecified atom stereocenters. The highest BCUT2D eigenvalue weighted by Gasteiger charge is 2.21. The van der Waals surface area contributed by atoms with Crippen molar-refractivity contribution >= 4 is 11.9 Å². The molecule has 118 valence electrons. The van der Waals surface area contributed by atoms with Crippen LogP contribution in [0.2, 0.25) is 0 Å². The number of amides is 1. The molecule has 0 saturated carbocycles. The topological polar surface area (TPSA) is 114 Å².